The summed E-state index contributed by atoms with van der Waals surface area (Å²) in [7, 11) is 4.44. The van der Waals surface area contributed by atoms with Crippen molar-refractivity contribution in [3.63, 3.8) is 0 Å². The quantitative estimate of drug-likeness (QED) is 0.420. The van der Waals surface area contributed by atoms with E-state index >= 15 is 0 Å². The average molecular weight is 426 g/mol. The van der Waals surface area contributed by atoms with Crippen molar-refractivity contribution >= 4 is 46.9 Å². The van der Waals surface area contributed by atoms with Crippen LogP contribution in [0.1, 0.15) is 5.56 Å². The topological polar surface area (TPSA) is 98.2 Å². The Morgan fingerprint density at radius 3 is 2.21 bits per heavy atom. The number of nitrogens with one attached hydrogen (secondary N) is 2. The third-order valence-corrected chi connectivity index (χ3v) is 4.29. The molecular weight excluding hydrogens is 409 g/mol. The van der Waals surface area contributed by atoms with Gasteiger partial charge in [0.1, 0.15) is 0 Å². The van der Waals surface area contributed by atoms with Gasteiger partial charge in [0, 0.05) is 5.56 Å². The first-order chi connectivity index (χ1) is 13.4. The summed E-state index contributed by atoms with van der Waals surface area (Å²) in [5.41, 5.74) is 2.88. The van der Waals surface area contributed by atoms with Gasteiger partial charge in [-0.2, -0.15) is 5.10 Å². The Kier molecular flexibility index (Phi) is 7.48. The van der Waals surface area contributed by atoms with Crippen LogP contribution in [0, 0.1) is 0 Å². The summed E-state index contributed by atoms with van der Waals surface area (Å²) >= 11 is 11.8. The molecule has 2 N–H and O–H groups in total. The van der Waals surface area contributed by atoms with Crippen molar-refractivity contribution in [1.29, 1.82) is 0 Å². The molecule has 2 aromatic rings. The van der Waals surface area contributed by atoms with E-state index in [-0.39, 0.29) is 15.7 Å². The van der Waals surface area contributed by atoms with E-state index in [9.17, 15) is 9.59 Å². The summed E-state index contributed by atoms with van der Waals surface area (Å²) in [5, 5.41) is 6.49. The van der Waals surface area contributed by atoms with Crippen LogP contribution in [0.5, 0.6) is 17.2 Å². The second-order valence-corrected chi connectivity index (χ2v) is 6.00. The van der Waals surface area contributed by atoms with E-state index in [2.05, 4.69) is 15.8 Å². The van der Waals surface area contributed by atoms with Gasteiger partial charge in [0.2, 0.25) is 5.75 Å². The van der Waals surface area contributed by atoms with Crippen molar-refractivity contribution in [2.24, 2.45) is 5.10 Å². The number of amides is 2. The molecule has 2 aromatic carbocycles. The molecule has 10 heteroatoms. The molecule has 0 heterocycles. The minimum absolute atomic E-state index is 0.131. The van der Waals surface area contributed by atoms with Crippen LogP contribution in [0.3, 0.4) is 0 Å². The maximum absolute atomic E-state index is 11.9. The summed E-state index contributed by atoms with van der Waals surface area (Å²) in [6, 6.07) is 7.91. The monoisotopic (exact) mass is 425 g/mol. The third kappa shape index (κ3) is 5.05. The van der Waals surface area contributed by atoms with Gasteiger partial charge in [0.25, 0.3) is 0 Å². The molecular formula is C18H17Cl2N3O5. The van der Waals surface area contributed by atoms with E-state index in [4.69, 9.17) is 37.4 Å². The second kappa shape index (κ2) is 9.82. The van der Waals surface area contributed by atoms with Crippen LogP contribution in [0.2, 0.25) is 10.0 Å². The second-order valence-electron chi connectivity index (χ2n) is 5.21. The van der Waals surface area contributed by atoms with Crippen LogP contribution in [0.15, 0.2) is 35.4 Å². The Bertz CT molecular complexity index is 893. The minimum atomic E-state index is -0.986. The lowest BCUT2D eigenvalue weighted by Crippen LogP contribution is -2.32. The predicted molar refractivity (Wildman–Crippen MR) is 107 cm³/mol. The maximum atomic E-state index is 11.9. The zero-order chi connectivity index (χ0) is 20.7. The summed E-state index contributed by atoms with van der Waals surface area (Å²) in [5.74, 6) is -0.680. The number of carbonyl (C=O) groups is 2. The van der Waals surface area contributed by atoms with Crippen molar-refractivity contribution in [3.05, 3.63) is 45.9 Å². The molecule has 8 nitrogen and oxygen atoms in total. The number of nitrogens with zero attached hydrogens (tertiary/aromatic N) is 1. The lowest BCUT2D eigenvalue weighted by atomic mass is 10.2. The van der Waals surface area contributed by atoms with Crippen LogP contribution < -0.4 is 25.0 Å². The number of halogens is 2. The lowest BCUT2D eigenvalue weighted by Gasteiger charge is -2.12. The number of hydrogen-bond acceptors (Lipinski definition) is 6. The molecule has 0 unspecified atom stereocenters. The molecule has 0 saturated heterocycles. The van der Waals surface area contributed by atoms with Crippen molar-refractivity contribution in [1.82, 2.24) is 5.43 Å². The zero-order valence-electron chi connectivity index (χ0n) is 15.2. The van der Waals surface area contributed by atoms with E-state index in [0.29, 0.717) is 22.8 Å². The maximum Gasteiger partial charge on any atom is 0.329 e. The van der Waals surface area contributed by atoms with E-state index in [1.807, 2.05) is 0 Å². The van der Waals surface area contributed by atoms with Crippen molar-refractivity contribution < 1.29 is 23.8 Å². The fourth-order valence-corrected chi connectivity index (χ4v) is 2.52. The number of rotatable bonds is 6. The first-order valence-electron chi connectivity index (χ1n) is 7.79. The van der Waals surface area contributed by atoms with Crippen LogP contribution in [0.25, 0.3) is 0 Å². The van der Waals surface area contributed by atoms with Gasteiger partial charge in [-0.25, -0.2) is 5.43 Å². The Labute approximate surface area is 171 Å². The molecule has 0 bridgehead atoms. The smallest absolute Gasteiger partial charge is 0.329 e. The first-order valence-corrected chi connectivity index (χ1v) is 8.55. The van der Waals surface area contributed by atoms with Gasteiger partial charge in [0.05, 0.1) is 43.3 Å². The number of hydrazone groups is 1. The fraction of sp³-hybridized carbons (Fsp3) is 0.167. The molecule has 0 atom stereocenters. The minimum Gasteiger partial charge on any atom is -0.493 e. The summed E-state index contributed by atoms with van der Waals surface area (Å²) < 4.78 is 15.7. The highest BCUT2D eigenvalue weighted by Crippen LogP contribution is 2.37. The van der Waals surface area contributed by atoms with Crippen molar-refractivity contribution in [2.45, 2.75) is 0 Å². The van der Waals surface area contributed by atoms with Gasteiger partial charge in [-0.1, -0.05) is 29.3 Å². The van der Waals surface area contributed by atoms with E-state index in [1.54, 1.807) is 24.3 Å². The molecule has 0 aliphatic carbocycles. The SMILES string of the molecule is COc1cc(C=NNC(=O)C(=O)Nc2cccc(Cl)c2Cl)cc(OC)c1OC. The molecule has 0 fully saturated rings. The molecule has 0 radical (unpaired) electrons. The summed E-state index contributed by atoms with van der Waals surface area (Å²) in [4.78, 5) is 23.8. The summed E-state index contributed by atoms with van der Waals surface area (Å²) in [6.45, 7) is 0. The average Bonchev–Trinajstić information content (AvgIpc) is 2.70. The van der Waals surface area contributed by atoms with Crippen LogP contribution in [0.4, 0.5) is 5.69 Å². The van der Waals surface area contributed by atoms with E-state index < -0.39 is 11.8 Å². The number of carbonyl (C=O) groups excluding carboxylic acids is 2. The Morgan fingerprint density at radius 2 is 1.64 bits per heavy atom. The molecule has 0 aromatic heterocycles. The highest BCUT2D eigenvalue weighted by molar-refractivity contribution is 6.45. The van der Waals surface area contributed by atoms with Crippen molar-refractivity contribution in [3.8, 4) is 17.2 Å². The molecule has 0 aliphatic rings. The van der Waals surface area contributed by atoms with Crippen molar-refractivity contribution in [2.75, 3.05) is 26.6 Å². The Morgan fingerprint density at radius 1 is 1.00 bits per heavy atom. The summed E-state index contributed by atoms with van der Waals surface area (Å²) in [6.07, 6.45) is 1.32. The number of methoxy groups -OCH3 is 3. The lowest BCUT2D eigenvalue weighted by molar-refractivity contribution is -0.136. The predicted octanol–water partition coefficient (Wildman–Crippen LogP) is 3.11. The number of hydrogen-bond donors (Lipinski definition) is 2. The highest BCUT2D eigenvalue weighted by atomic mass is 35.5. The molecule has 2 rings (SSSR count). The third-order valence-electron chi connectivity index (χ3n) is 3.47. The molecule has 0 spiro atoms. The van der Waals surface area contributed by atoms with Gasteiger partial charge in [-0.05, 0) is 24.3 Å². The van der Waals surface area contributed by atoms with Crippen LogP contribution in [-0.2, 0) is 9.59 Å². The molecule has 148 valence electrons. The first kappa shape index (κ1) is 21.3. The van der Waals surface area contributed by atoms with Gasteiger partial charge >= 0.3 is 11.8 Å². The molecule has 0 saturated carbocycles. The van der Waals surface area contributed by atoms with Gasteiger partial charge in [-0.3, -0.25) is 9.59 Å². The molecule has 28 heavy (non-hydrogen) atoms. The van der Waals surface area contributed by atoms with E-state index in [1.165, 1.54) is 33.6 Å². The fourth-order valence-electron chi connectivity index (χ4n) is 2.17. The molecule has 2 amide bonds. The standard InChI is InChI=1S/C18H17Cl2N3O5/c1-26-13-7-10(8-14(27-2)16(13)28-3)9-21-23-18(25)17(24)22-12-6-4-5-11(19)15(12)20/h4-9H,1-3H3,(H,22,24)(H,23,25). The van der Waals surface area contributed by atoms with E-state index in [0.717, 1.165) is 0 Å². The zero-order valence-corrected chi connectivity index (χ0v) is 16.7. The number of benzene rings is 2. The van der Waals surface area contributed by atoms with Gasteiger partial charge in [0.15, 0.2) is 11.5 Å². The largest absolute Gasteiger partial charge is 0.493 e. The Hall–Kier alpha value is -2.97. The number of anilines is 1. The highest BCUT2D eigenvalue weighted by Gasteiger charge is 2.16. The Balaban J connectivity index is 2.06. The van der Waals surface area contributed by atoms with Crippen LogP contribution >= 0.6 is 23.2 Å². The van der Waals surface area contributed by atoms with Gasteiger partial charge < -0.3 is 19.5 Å². The normalized spacial score (nSPS) is 10.5. The van der Waals surface area contributed by atoms with Gasteiger partial charge in [-0.15, -0.1) is 0 Å². The number of ether oxygens (including phenoxy) is 3. The molecule has 0 aliphatic heterocycles. The van der Waals surface area contributed by atoms with Crippen LogP contribution in [-0.4, -0.2) is 39.4 Å².